The van der Waals surface area contributed by atoms with Crippen molar-refractivity contribution in [2.45, 2.75) is 30.8 Å². The fourth-order valence-electron chi connectivity index (χ4n) is 2.15. The number of hydrogen-bond donors (Lipinski definition) is 1. The van der Waals surface area contributed by atoms with Gasteiger partial charge in [0, 0.05) is 12.8 Å². The van der Waals surface area contributed by atoms with Gasteiger partial charge in [-0.05, 0) is 24.1 Å². The van der Waals surface area contributed by atoms with Crippen LogP contribution in [0.5, 0.6) is 0 Å². The van der Waals surface area contributed by atoms with Crippen LogP contribution in [0.1, 0.15) is 30.6 Å². The molecule has 2 aromatic rings. The molecule has 0 aliphatic carbocycles. The summed E-state index contributed by atoms with van der Waals surface area (Å²) in [6.07, 6.45) is 3.68. The quantitative estimate of drug-likeness (QED) is 0.914. The van der Waals surface area contributed by atoms with Gasteiger partial charge >= 0.3 is 0 Å². The maximum absolute atomic E-state index is 11.5. The minimum atomic E-state index is -3.21. The standard InChI is InChI=1S/C14H18ClN3O2S/c1-3-8-18-14(12(15)9-17-18)13(16)10-4-6-11(7-5-10)21(2,19)20/h4-7,9,13H,3,8,16H2,1-2H3. The van der Waals surface area contributed by atoms with Crippen molar-refractivity contribution in [1.82, 2.24) is 9.78 Å². The van der Waals surface area contributed by atoms with E-state index in [0.29, 0.717) is 5.02 Å². The SMILES string of the molecule is CCCn1ncc(Cl)c1C(N)c1ccc(S(C)(=O)=O)cc1. The van der Waals surface area contributed by atoms with Crippen molar-refractivity contribution in [3.63, 3.8) is 0 Å². The Labute approximate surface area is 129 Å². The largest absolute Gasteiger partial charge is 0.319 e. The number of aryl methyl sites for hydroxylation is 1. The zero-order valence-electron chi connectivity index (χ0n) is 12.0. The van der Waals surface area contributed by atoms with Gasteiger partial charge in [0.15, 0.2) is 9.84 Å². The Kier molecular flexibility index (Phi) is 4.70. The van der Waals surface area contributed by atoms with E-state index in [0.717, 1.165) is 24.2 Å². The molecule has 114 valence electrons. The molecular formula is C14H18ClN3O2S. The van der Waals surface area contributed by atoms with Crippen LogP contribution < -0.4 is 5.73 Å². The van der Waals surface area contributed by atoms with E-state index in [9.17, 15) is 8.42 Å². The molecule has 0 amide bonds. The van der Waals surface area contributed by atoms with Gasteiger partial charge in [-0.25, -0.2) is 8.42 Å². The molecular weight excluding hydrogens is 310 g/mol. The number of rotatable bonds is 5. The molecule has 1 unspecified atom stereocenters. The third kappa shape index (κ3) is 3.45. The first kappa shape index (κ1) is 16.0. The zero-order chi connectivity index (χ0) is 15.6. The molecule has 5 nitrogen and oxygen atoms in total. The number of aromatic nitrogens is 2. The van der Waals surface area contributed by atoms with Gasteiger partial charge in [0.05, 0.1) is 27.9 Å². The molecule has 7 heteroatoms. The molecule has 0 fully saturated rings. The average molecular weight is 328 g/mol. The Morgan fingerprint density at radius 2 is 1.95 bits per heavy atom. The average Bonchev–Trinajstić information content (AvgIpc) is 2.79. The van der Waals surface area contributed by atoms with Gasteiger partial charge in [-0.3, -0.25) is 4.68 Å². The van der Waals surface area contributed by atoms with Crippen LogP contribution in [0.15, 0.2) is 35.4 Å². The van der Waals surface area contributed by atoms with Crippen molar-refractivity contribution in [2.24, 2.45) is 5.73 Å². The third-order valence-corrected chi connectivity index (χ3v) is 4.65. The van der Waals surface area contributed by atoms with Crippen LogP contribution >= 0.6 is 11.6 Å². The summed E-state index contributed by atoms with van der Waals surface area (Å²) in [6.45, 7) is 2.78. The lowest BCUT2D eigenvalue weighted by Crippen LogP contribution is -2.18. The molecule has 1 aromatic carbocycles. The number of nitrogens with two attached hydrogens (primary N) is 1. The topological polar surface area (TPSA) is 78.0 Å². The molecule has 1 heterocycles. The molecule has 1 atom stereocenters. The van der Waals surface area contributed by atoms with Crippen LogP contribution in [0.4, 0.5) is 0 Å². The van der Waals surface area contributed by atoms with E-state index in [1.165, 1.54) is 6.26 Å². The van der Waals surface area contributed by atoms with Gasteiger partial charge in [0.25, 0.3) is 0 Å². The van der Waals surface area contributed by atoms with Crippen molar-refractivity contribution < 1.29 is 8.42 Å². The summed E-state index contributed by atoms with van der Waals surface area (Å²) in [7, 11) is -3.21. The molecule has 0 aliphatic rings. The summed E-state index contributed by atoms with van der Waals surface area (Å²) in [5, 5.41) is 4.73. The fraction of sp³-hybridized carbons (Fsp3) is 0.357. The summed E-state index contributed by atoms with van der Waals surface area (Å²) < 4.78 is 24.7. The highest BCUT2D eigenvalue weighted by atomic mass is 35.5. The second-order valence-corrected chi connectivity index (χ2v) is 7.34. The van der Waals surface area contributed by atoms with Crippen LogP contribution in [-0.4, -0.2) is 24.5 Å². The van der Waals surface area contributed by atoms with Gasteiger partial charge in [-0.1, -0.05) is 30.7 Å². The Morgan fingerprint density at radius 3 is 2.48 bits per heavy atom. The molecule has 0 aliphatic heterocycles. The Morgan fingerprint density at radius 1 is 1.33 bits per heavy atom. The predicted molar refractivity (Wildman–Crippen MR) is 83.1 cm³/mol. The minimum absolute atomic E-state index is 0.270. The van der Waals surface area contributed by atoms with Gasteiger partial charge in [-0.15, -0.1) is 0 Å². The Bertz CT molecular complexity index is 723. The van der Waals surface area contributed by atoms with Crippen LogP contribution in [-0.2, 0) is 16.4 Å². The summed E-state index contributed by atoms with van der Waals surface area (Å²) in [5.41, 5.74) is 7.79. The van der Waals surface area contributed by atoms with Crippen molar-refractivity contribution >= 4 is 21.4 Å². The fourth-order valence-corrected chi connectivity index (χ4v) is 3.04. The van der Waals surface area contributed by atoms with E-state index >= 15 is 0 Å². The summed E-state index contributed by atoms with van der Waals surface area (Å²) in [4.78, 5) is 0.270. The zero-order valence-corrected chi connectivity index (χ0v) is 13.5. The molecule has 0 spiro atoms. The van der Waals surface area contributed by atoms with Crippen LogP contribution in [0.2, 0.25) is 5.02 Å². The van der Waals surface area contributed by atoms with Gasteiger partial charge in [0.2, 0.25) is 0 Å². The summed E-state index contributed by atoms with van der Waals surface area (Å²) in [6, 6.07) is 6.08. The van der Waals surface area contributed by atoms with Gasteiger partial charge in [-0.2, -0.15) is 5.10 Å². The maximum atomic E-state index is 11.5. The number of sulfone groups is 1. The van der Waals surface area contributed by atoms with Crippen LogP contribution in [0.25, 0.3) is 0 Å². The molecule has 0 saturated heterocycles. The summed E-state index contributed by atoms with van der Waals surface area (Å²) >= 11 is 6.17. The van der Waals surface area contributed by atoms with Crippen molar-refractivity contribution in [2.75, 3.05) is 6.26 Å². The van der Waals surface area contributed by atoms with Gasteiger partial charge < -0.3 is 5.73 Å². The first-order valence-electron chi connectivity index (χ1n) is 6.61. The molecule has 0 saturated carbocycles. The molecule has 2 N–H and O–H groups in total. The van der Waals surface area contributed by atoms with Crippen molar-refractivity contribution in [3.05, 3.63) is 46.7 Å². The molecule has 21 heavy (non-hydrogen) atoms. The lowest BCUT2D eigenvalue weighted by molar-refractivity contribution is 0.559. The monoisotopic (exact) mass is 327 g/mol. The van der Waals surface area contributed by atoms with E-state index in [-0.39, 0.29) is 4.90 Å². The number of benzene rings is 1. The number of nitrogens with zero attached hydrogens (tertiary/aromatic N) is 2. The highest BCUT2D eigenvalue weighted by Gasteiger charge is 2.19. The number of hydrogen-bond acceptors (Lipinski definition) is 4. The minimum Gasteiger partial charge on any atom is -0.319 e. The van der Waals surface area contributed by atoms with Crippen molar-refractivity contribution in [3.8, 4) is 0 Å². The van der Waals surface area contributed by atoms with E-state index in [1.54, 1.807) is 35.1 Å². The molecule has 0 bridgehead atoms. The second-order valence-electron chi connectivity index (χ2n) is 4.92. The number of halogens is 1. The molecule has 1 aromatic heterocycles. The third-order valence-electron chi connectivity index (χ3n) is 3.23. The van der Waals surface area contributed by atoms with Crippen molar-refractivity contribution in [1.29, 1.82) is 0 Å². The highest BCUT2D eigenvalue weighted by Crippen LogP contribution is 2.27. The van der Waals surface area contributed by atoms with Gasteiger partial charge in [0.1, 0.15) is 0 Å². The highest BCUT2D eigenvalue weighted by molar-refractivity contribution is 7.90. The van der Waals surface area contributed by atoms with E-state index in [2.05, 4.69) is 5.10 Å². The Hall–Kier alpha value is -1.37. The van der Waals surface area contributed by atoms with Crippen LogP contribution in [0, 0.1) is 0 Å². The molecule has 2 rings (SSSR count). The first-order chi connectivity index (χ1) is 9.84. The lowest BCUT2D eigenvalue weighted by atomic mass is 10.0. The Balaban J connectivity index is 2.36. The predicted octanol–water partition coefficient (Wildman–Crippen LogP) is 2.40. The van der Waals surface area contributed by atoms with E-state index in [1.807, 2.05) is 6.92 Å². The smallest absolute Gasteiger partial charge is 0.175 e. The van der Waals surface area contributed by atoms with E-state index < -0.39 is 15.9 Å². The second kappa shape index (κ2) is 6.17. The molecule has 0 radical (unpaired) electrons. The lowest BCUT2D eigenvalue weighted by Gasteiger charge is -2.15. The summed E-state index contributed by atoms with van der Waals surface area (Å²) in [5.74, 6) is 0. The maximum Gasteiger partial charge on any atom is 0.175 e. The normalized spacial score (nSPS) is 13.3. The first-order valence-corrected chi connectivity index (χ1v) is 8.88. The van der Waals surface area contributed by atoms with E-state index in [4.69, 9.17) is 17.3 Å². The van der Waals surface area contributed by atoms with Crippen LogP contribution in [0.3, 0.4) is 0 Å².